The Morgan fingerprint density at radius 1 is 1.09 bits per heavy atom. The van der Waals surface area contributed by atoms with Gasteiger partial charge in [0, 0.05) is 29.0 Å². The van der Waals surface area contributed by atoms with Crippen LogP contribution in [0.15, 0.2) is 29.2 Å². The second kappa shape index (κ2) is 7.65. The number of carbonyl (C=O) groups is 1. The summed E-state index contributed by atoms with van der Waals surface area (Å²) in [4.78, 5) is 16.7. The molecule has 2 aliphatic rings. The SMILES string of the molecule is CSc1ccccc1C(=O)[C@H]1CCCN(C2CCCCC2)C1. The van der Waals surface area contributed by atoms with E-state index in [4.69, 9.17) is 0 Å². The van der Waals surface area contributed by atoms with Crippen LogP contribution < -0.4 is 0 Å². The van der Waals surface area contributed by atoms with Crippen LogP contribution in [-0.2, 0) is 0 Å². The van der Waals surface area contributed by atoms with Crippen LogP contribution in [-0.4, -0.2) is 36.1 Å². The molecule has 1 aromatic rings. The number of thioether (sulfide) groups is 1. The fourth-order valence-electron chi connectivity index (χ4n) is 4.07. The fourth-order valence-corrected chi connectivity index (χ4v) is 4.67. The molecule has 0 amide bonds. The van der Waals surface area contributed by atoms with Crippen LogP contribution in [0.1, 0.15) is 55.3 Å². The van der Waals surface area contributed by atoms with E-state index in [1.165, 1.54) is 45.1 Å². The zero-order valence-corrected chi connectivity index (χ0v) is 14.4. The maximum Gasteiger partial charge on any atom is 0.168 e. The van der Waals surface area contributed by atoms with Crippen molar-refractivity contribution >= 4 is 17.5 Å². The molecule has 1 saturated heterocycles. The predicted molar refractivity (Wildman–Crippen MR) is 93.7 cm³/mol. The highest BCUT2D eigenvalue weighted by Gasteiger charge is 2.31. The largest absolute Gasteiger partial charge is 0.300 e. The van der Waals surface area contributed by atoms with Crippen LogP contribution in [0.3, 0.4) is 0 Å². The van der Waals surface area contributed by atoms with Crippen LogP contribution in [0.4, 0.5) is 0 Å². The van der Waals surface area contributed by atoms with Crippen molar-refractivity contribution in [2.45, 2.75) is 55.9 Å². The van der Waals surface area contributed by atoms with E-state index in [1.807, 2.05) is 18.2 Å². The van der Waals surface area contributed by atoms with Crippen LogP contribution in [0.25, 0.3) is 0 Å². The van der Waals surface area contributed by atoms with Crippen LogP contribution in [0.5, 0.6) is 0 Å². The molecule has 0 aromatic heterocycles. The minimum Gasteiger partial charge on any atom is -0.300 e. The monoisotopic (exact) mass is 317 g/mol. The van der Waals surface area contributed by atoms with Crippen LogP contribution in [0, 0.1) is 5.92 Å². The number of ketones is 1. The Balaban J connectivity index is 1.69. The lowest BCUT2D eigenvalue weighted by Gasteiger charge is -2.39. The molecule has 0 spiro atoms. The summed E-state index contributed by atoms with van der Waals surface area (Å²) in [6.45, 7) is 2.17. The molecule has 0 N–H and O–H groups in total. The number of rotatable bonds is 4. The first-order valence-corrected chi connectivity index (χ1v) is 9.93. The molecular weight excluding hydrogens is 290 g/mol. The molecule has 0 radical (unpaired) electrons. The second-order valence-corrected chi connectivity index (χ2v) is 7.54. The first-order valence-electron chi connectivity index (χ1n) is 8.71. The van der Waals surface area contributed by atoms with Crippen molar-refractivity contribution in [3.63, 3.8) is 0 Å². The third kappa shape index (κ3) is 3.57. The van der Waals surface area contributed by atoms with Gasteiger partial charge >= 0.3 is 0 Å². The highest BCUT2D eigenvalue weighted by molar-refractivity contribution is 7.98. The molecule has 1 aliphatic heterocycles. The van der Waals surface area contributed by atoms with Crippen molar-refractivity contribution in [2.24, 2.45) is 5.92 Å². The Morgan fingerprint density at radius 2 is 1.86 bits per heavy atom. The van der Waals surface area contributed by atoms with E-state index in [1.54, 1.807) is 11.8 Å². The van der Waals surface area contributed by atoms with Crippen molar-refractivity contribution in [3.8, 4) is 0 Å². The van der Waals surface area contributed by atoms with Crippen molar-refractivity contribution in [1.82, 2.24) is 4.90 Å². The maximum atomic E-state index is 13.0. The van der Waals surface area contributed by atoms with Gasteiger partial charge in [-0.2, -0.15) is 0 Å². The Kier molecular flexibility index (Phi) is 5.59. The highest BCUT2D eigenvalue weighted by Crippen LogP contribution is 2.30. The van der Waals surface area contributed by atoms with Crippen molar-refractivity contribution in [2.75, 3.05) is 19.3 Å². The maximum absolute atomic E-state index is 13.0. The lowest BCUT2D eigenvalue weighted by atomic mass is 9.87. The normalized spacial score (nSPS) is 24.3. The Morgan fingerprint density at radius 3 is 2.64 bits per heavy atom. The summed E-state index contributed by atoms with van der Waals surface area (Å²) in [6.07, 6.45) is 11.1. The molecular formula is C19H27NOS. The van der Waals surface area contributed by atoms with Crippen molar-refractivity contribution < 1.29 is 4.79 Å². The number of carbonyl (C=O) groups excluding carboxylic acids is 1. The average molecular weight is 317 g/mol. The standard InChI is InChI=1S/C19H27NOS/c1-22-18-12-6-5-11-17(18)19(21)15-8-7-13-20(14-15)16-9-3-2-4-10-16/h5-6,11-12,15-16H,2-4,7-10,13-14H2,1H3/t15-/m0/s1. The molecule has 1 aromatic carbocycles. The Bertz CT molecular complexity index is 510. The van der Waals surface area contributed by atoms with Gasteiger partial charge in [-0.3, -0.25) is 9.69 Å². The van der Waals surface area contributed by atoms with Crippen LogP contribution >= 0.6 is 11.8 Å². The summed E-state index contributed by atoms with van der Waals surface area (Å²) in [5.74, 6) is 0.564. The van der Waals surface area contributed by atoms with Gasteiger partial charge in [-0.15, -0.1) is 11.8 Å². The van der Waals surface area contributed by atoms with Crippen molar-refractivity contribution in [1.29, 1.82) is 0 Å². The summed E-state index contributed by atoms with van der Waals surface area (Å²) in [6, 6.07) is 8.83. The summed E-state index contributed by atoms with van der Waals surface area (Å²) in [7, 11) is 0. The minimum atomic E-state index is 0.198. The molecule has 0 unspecified atom stereocenters. The van der Waals surface area contributed by atoms with E-state index in [9.17, 15) is 4.79 Å². The number of nitrogens with zero attached hydrogens (tertiary/aromatic N) is 1. The zero-order valence-electron chi connectivity index (χ0n) is 13.6. The van der Waals surface area contributed by atoms with E-state index < -0.39 is 0 Å². The molecule has 2 fully saturated rings. The quantitative estimate of drug-likeness (QED) is 0.596. The first kappa shape index (κ1) is 16.1. The molecule has 3 rings (SSSR count). The van der Waals surface area contributed by atoms with E-state index in [2.05, 4.69) is 17.2 Å². The third-order valence-corrected chi connectivity index (χ3v) is 6.08. The smallest absolute Gasteiger partial charge is 0.168 e. The van der Waals surface area contributed by atoms with Gasteiger partial charge in [0.15, 0.2) is 5.78 Å². The summed E-state index contributed by atoms with van der Waals surface area (Å²) in [5, 5.41) is 0. The highest BCUT2D eigenvalue weighted by atomic mass is 32.2. The topological polar surface area (TPSA) is 20.3 Å². The zero-order chi connectivity index (χ0) is 15.4. The van der Waals surface area contributed by atoms with Gasteiger partial charge in [-0.1, -0.05) is 37.5 Å². The molecule has 1 atom stereocenters. The summed E-state index contributed by atoms with van der Waals surface area (Å²) in [5.41, 5.74) is 0.936. The number of piperidine rings is 1. The number of hydrogen-bond donors (Lipinski definition) is 0. The molecule has 1 aliphatic carbocycles. The third-order valence-electron chi connectivity index (χ3n) is 5.29. The van der Waals surface area contributed by atoms with Gasteiger partial charge in [0.05, 0.1) is 0 Å². The van der Waals surface area contributed by atoms with Crippen LogP contribution in [0.2, 0.25) is 0 Å². The molecule has 2 nitrogen and oxygen atoms in total. The fraction of sp³-hybridized carbons (Fsp3) is 0.632. The molecule has 22 heavy (non-hydrogen) atoms. The van der Waals surface area contributed by atoms with E-state index in [-0.39, 0.29) is 5.92 Å². The van der Waals surface area contributed by atoms with E-state index in [0.717, 1.165) is 29.5 Å². The number of Topliss-reactive ketones (excluding diaryl/α,β-unsaturated/α-hetero) is 1. The molecule has 0 bridgehead atoms. The van der Waals surface area contributed by atoms with Gasteiger partial charge in [0.2, 0.25) is 0 Å². The molecule has 1 saturated carbocycles. The molecule has 3 heteroatoms. The molecule has 1 heterocycles. The molecule has 120 valence electrons. The van der Waals surface area contributed by atoms with Gasteiger partial charge in [0.25, 0.3) is 0 Å². The van der Waals surface area contributed by atoms with Gasteiger partial charge < -0.3 is 0 Å². The first-order chi connectivity index (χ1) is 10.8. The predicted octanol–water partition coefficient (Wildman–Crippen LogP) is 4.64. The summed E-state index contributed by atoms with van der Waals surface area (Å²) >= 11 is 1.68. The lowest BCUT2D eigenvalue weighted by molar-refractivity contribution is 0.0695. The van der Waals surface area contributed by atoms with E-state index >= 15 is 0 Å². The lowest BCUT2D eigenvalue weighted by Crippen LogP contribution is -2.45. The van der Waals surface area contributed by atoms with Gasteiger partial charge in [-0.25, -0.2) is 0 Å². The Labute approximate surface area is 138 Å². The minimum absolute atomic E-state index is 0.198. The van der Waals surface area contributed by atoms with Gasteiger partial charge in [0.1, 0.15) is 0 Å². The second-order valence-electron chi connectivity index (χ2n) is 6.69. The summed E-state index contributed by atoms with van der Waals surface area (Å²) < 4.78 is 0. The van der Waals surface area contributed by atoms with Gasteiger partial charge in [-0.05, 0) is 44.6 Å². The van der Waals surface area contributed by atoms with Crippen molar-refractivity contribution in [3.05, 3.63) is 29.8 Å². The number of likely N-dealkylation sites (tertiary alicyclic amines) is 1. The van der Waals surface area contributed by atoms with E-state index in [0.29, 0.717) is 5.78 Å². The Hall–Kier alpha value is -0.800. The number of benzene rings is 1. The average Bonchev–Trinajstić information content (AvgIpc) is 2.62. The number of hydrogen-bond acceptors (Lipinski definition) is 3.